The van der Waals surface area contributed by atoms with Crippen LogP contribution < -0.4 is 19.6 Å². The van der Waals surface area contributed by atoms with Crippen LogP contribution in [0.15, 0.2) is 76.3 Å². The summed E-state index contributed by atoms with van der Waals surface area (Å²) < 4.78 is 17.2. The van der Waals surface area contributed by atoms with Gasteiger partial charge in [-0.2, -0.15) is 5.10 Å². The van der Waals surface area contributed by atoms with Crippen molar-refractivity contribution in [1.29, 1.82) is 0 Å². The van der Waals surface area contributed by atoms with E-state index in [0.29, 0.717) is 34.8 Å². The summed E-state index contributed by atoms with van der Waals surface area (Å²) in [5.41, 5.74) is 4.00. The van der Waals surface area contributed by atoms with E-state index in [4.69, 9.17) is 14.2 Å². The number of hydrazone groups is 1. The topological polar surface area (TPSA) is 86.2 Å². The van der Waals surface area contributed by atoms with Crippen LogP contribution in [0.5, 0.6) is 17.2 Å². The second-order valence-electron chi connectivity index (χ2n) is 6.88. The number of hydrogen-bond acceptors (Lipinski definition) is 6. The minimum absolute atomic E-state index is 0.268. The predicted molar refractivity (Wildman–Crippen MR) is 129 cm³/mol. The maximum atomic E-state index is 12.5. The van der Waals surface area contributed by atoms with Gasteiger partial charge in [0.05, 0.1) is 25.5 Å². The van der Waals surface area contributed by atoms with Crippen LogP contribution >= 0.6 is 15.9 Å². The van der Waals surface area contributed by atoms with Gasteiger partial charge in [-0.05, 0) is 78.7 Å². The summed E-state index contributed by atoms with van der Waals surface area (Å²) in [6, 6.07) is 18.6. The van der Waals surface area contributed by atoms with Crippen LogP contribution in [0.3, 0.4) is 0 Å². The number of nitrogens with zero attached hydrogens (tertiary/aromatic N) is 1. The van der Waals surface area contributed by atoms with Crippen LogP contribution in [0.1, 0.15) is 39.6 Å². The van der Waals surface area contributed by atoms with Crippen LogP contribution in [0.25, 0.3) is 0 Å². The number of benzene rings is 3. The number of carbonyl (C=O) groups is 2. The SMILES string of the molecule is CCCOc1ccc(C(=O)Oc2ccc(/C=N\NC(=O)c3ccc(Br)cc3)cc2OC)cc1. The lowest BCUT2D eigenvalue weighted by Gasteiger charge is -2.10. The van der Waals surface area contributed by atoms with Crippen molar-refractivity contribution in [2.75, 3.05) is 13.7 Å². The fourth-order valence-corrected chi connectivity index (χ4v) is 3.01. The maximum absolute atomic E-state index is 12.5. The van der Waals surface area contributed by atoms with Gasteiger partial charge in [-0.1, -0.05) is 22.9 Å². The summed E-state index contributed by atoms with van der Waals surface area (Å²) in [6.45, 7) is 2.64. The molecule has 0 saturated heterocycles. The van der Waals surface area contributed by atoms with Gasteiger partial charge >= 0.3 is 5.97 Å². The molecule has 0 atom stereocenters. The minimum atomic E-state index is -0.515. The fraction of sp³-hybridized carbons (Fsp3) is 0.160. The lowest BCUT2D eigenvalue weighted by Crippen LogP contribution is -2.17. The van der Waals surface area contributed by atoms with Crippen molar-refractivity contribution in [2.45, 2.75) is 13.3 Å². The Morgan fingerprint density at radius 2 is 1.67 bits per heavy atom. The summed E-state index contributed by atoms with van der Waals surface area (Å²) >= 11 is 3.33. The number of nitrogens with one attached hydrogen (secondary N) is 1. The van der Waals surface area contributed by atoms with E-state index in [9.17, 15) is 9.59 Å². The largest absolute Gasteiger partial charge is 0.494 e. The highest BCUT2D eigenvalue weighted by molar-refractivity contribution is 9.10. The minimum Gasteiger partial charge on any atom is -0.494 e. The Morgan fingerprint density at radius 3 is 2.33 bits per heavy atom. The van der Waals surface area contributed by atoms with Crippen LogP contribution in [-0.2, 0) is 0 Å². The van der Waals surface area contributed by atoms with Crippen molar-refractivity contribution in [3.63, 3.8) is 0 Å². The molecular formula is C25H23BrN2O5. The van der Waals surface area contributed by atoms with E-state index in [1.54, 1.807) is 66.7 Å². The molecule has 33 heavy (non-hydrogen) atoms. The Balaban J connectivity index is 1.62. The maximum Gasteiger partial charge on any atom is 0.343 e. The second kappa shape index (κ2) is 11.8. The van der Waals surface area contributed by atoms with Crippen LogP contribution in [0.4, 0.5) is 0 Å². The van der Waals surface area contributed by atoms with Gasteiger partial charge in [0.1, 0.15) is 5.75 Å². The molecule has 0 unspecified atom stereocenters. The van der Waals surface area contributed by atoms with Gasteiger partial charge in [0, 0.05) is 10.0 Å². The number of methoxy groups -OCH3 is 1. The molecule has 3 aromatic rings. The molecule has 170 valence electrons. The van der Waals surface area contributed by atoms with Crippen molar-refractivity contribution in [3.8, 4) is 17.2 Å². The Hall–Kier alpha value is -3.65. The summed E-state index contributed by atoms with van der Waals surface area (Å²) in [5.74, 6) is 0.474. The van der Waals surface area contributed by atoms with Crippen molar-refractivity contribution < 1.29 is 23.8 Å². The third-order valence-electron chi connectivity index (χ3n) is 4.44. The zero-order chi connectivity index (χ0) is 23.6. The number of carbonyl (C=O) groups excluding carboxylic acids is 2. The Kier molecular flexibility index (Phi) is 8.60. The fourth-order valence-electron chi connectivity index (χ4n) is 2.75. The first-order valence-corrected chi connectivity index (χ1v) is 11.0. The van der Waals surface area contributed by atoms with Gasteiger partial charge in [-0.3, -0.25) is 4.79 Å². The number of amides is 1. The molecule has 0 aliphatic heterocycles. The highest BCUT2D eigenvalue weighted by atomic mass is 79.9. The van der Waals surface area contributed by atoms with E-state index < -0.39 is 5.97 Å². The van der Waals surface area contributed by atoms with E-state index in [-0.39, 0.29) is 11.7 Å². The smallest absolute Gasteiger partial charge is 0.343 e. The van der Waals surface area contributed by atoms with Crippen molar-refractivity contribution in [1.82, 2.24) is 5.43 Å². The normalized spacial score (nSPS) is 10.6. The molecule has 3 rings (SSSR count). The molecule has 0 bridgehead atoms. The third-order valence-corrected chi connectivity index (χ3v) is 4.97. The van der Waals surface area contributed by atoms with Crippen LogP contribution in [0.2, 0.25) is 0 Å². The molecule has 7 nitrogen and oxygen atoms in total. The molecule has 0 fully saturated rings. The molecule has 0 aromatic heterocycles. The number of ether oxygens (including phenoxy) is 3. The lowest BCUT2D eigenvalue weighted by atomic mass is 10.2. The van der Waals surface area contributed by atoms with Gasteiger partial charge in [-0.15, -0.1) is 0 Å². The zero-order valence-electron chi connectivity index (χ0n) is 18.2. The van der Waals surface area contributed by atoms with Crippen molar-refractivity contribution in [3.05, 3.63) is 87.9 Å². The standard InChI is InChI=1S/C25H23BrN2O5/c1-3-14-32-21-11-7-19(8-12-21)25(30)33-22-13-4-17(15-23(22)31-2)16-27-28-24(29)18-5-9-20(26)10-6-18/h4-13,15-16H,3,14H2,1-2H3,(H,28,29)/b27-16-. The Labute approximate surface area is 200 Å². The third kappa shape index (κ3) is 6.92. The van der Waals surface area contributed by atoms with Gasteiger partial charge in [0.25, 0.3) is 5.91 Å². The monoisotopic (exact) mass is 510 g/mol. The van der Waals surface area contributed by atoms with Gasteiger partial charge < -0.3 is 14.2 Å². The Bertz CT molecular complexity index is 1130. The number of halogens is 1. The van der Waals surface area contributed by atoms with Crippen molar-refractivity contribution >= 4 is 34.0 Å². The highest BCUT2D eigenvalue weighted by Gasteiger charge is 2.13. The van der Waals surface area contributed by atoms with Crippen molar-refractivity contribution in [2.24, 2.45) is 5.10 Å². The van der Waals surface area contributed by atoms with Crippen LogP contribution in [0, 0.1) is 0 Å². The van der Waals surface area contributed by atoms with E-state index in [1.807, 2.05) is 6.92 Å². The predicted octanol–water partition coefficient (Wildman–Crippen LogP) is 5.23. The van der Waals surface area contributed by atoms with Gasteiger partial charge in [-0.25, -0.2) is 10.2 Å². The zero-order valence-corrected chi connectivity index (χ0v) is 19.8. The first-order chi connectivity index (χ1) is 16.0. The Morgan fingerprint density at radius 1 is 0.970 bits per heavy atom. The number of rotatable bonds is 9. The first-order valence-electron chi connectivity index (χ1n) is 10.2. The molecule has 0 saturated carbocycles. The van der Waals surface area contributed by atoms with E-state index >= 15 is 0 Å². The van der Waals surface area contributed by atoms with Gasteiger partial charge in [0.15, 0.2) is 11.5 Å². The molecule has 0 aliphatic carbocycles. The second-order valence-corrected chi connectivity index (χ2v) is 7.79. The molecule has 0 aliphatic rings. The van der Waals surface area contributed by atoms with E-state index in [1.165, 1.54) is 13.3 Å². The summed E-state index contributed by atoms with van der Waals surface area (Å²) in [4.78, 5) is 24.6. The highest BCUT2D eigenvalue weighted by Crippen LogP contribution is 2.28. The first kappa shape index (κ1) is 24.0. The summed E-state index contributed by atoms with van der Waals surface area (Å²) in [5, 5.41) is 3.97. The number of hydrogen-bond donors (Lipinski definition) is 1. The molecule has 8 heteroatoms. The molecule has 1 N–H and O–H groups in total. The number of esters is 1. The van der Waals surface area contributed by atoms with E-state index in [2.05, 4.69) is 26.5 Å². The molecule has 1 amide bonds. The molecular weight excluding hydrogens is 488 g/mol. The van der Waals surface area contributed by atoms with Crippen LogP contribution in [-0.4, -0.2) is 31.8 Å². The average molecular weight is 511 g/mol. The lowest BCUT2D eigenvalue weighted by molar-refractivity contribution is 0.0729. The molecule has 0 radical (unpaired) electrons. The van der Waals surface area contributed by atoms with Gasteiger partial charge in [0.2, 0.25) is 0 Å². The van der Waals surface area contributed by atoms with E-state index in [0.717, 1.165) is 10.9 Å². The molecule has 0 heterocycles. The molecule has 0 spiro atoms. The summed E-state index contributed by atoms with van der Waals surface area (Å²) in [7, 11) is 1.47. The molecule has 3 aromatic carbocycles. The quantitative estimate of drug-likeness (QED) is 0.184. The summed E-state index contributed by atoms with van der Waals surface area (Å²) in [6.07, 6.45) is 2.38. The average Bonchev–Trinajstić information content (AvgIpc) is 2.84.